The van der Waals surface area contributed by atoms with Crippen LogP contribution in [0.2, 0.25) is 0 Å². The van der Waals surface area contributed by atoms with Gasteiger partial charge in [-0.3, -0.25) is 19.2 Å². The molecule has 0 fully saturated rings. The van der Waals surface area contributed by atoms with E-state index >= 15 is 0 Å². The molecule has 0 aromatic heterocycles. The van der Waals surface area contributed by atoms with Crippen molar-refractivity contribution in [2.75, 3.05) is 26.2 Å². The summed E-state index contributed by atoms with van der Waals surface area (Å²) in [6, 6.07) is -2.87. The van der Waals surface area contributed by atoms with Crippen LogP contribution in [0.1, 0.15) is 202 Å². The maximum atomic E-state index is 14.4. The second-order valence-corrected chi connectivity index (χ2v) is 23.4. The zero-order valence-corrected chi connectivity index (χ0v) is 42.3. The van der Waals surface area contributed by atoms with Gasteiger partial charge in [0.15, 0.2) is 5.78 Å². The van der Waals surface area contributed by atoms with Gasteiger partial charge in [-0.2, -0.15) is 0 Å². The van der Waals surface area contributed by atoms with Crippen molar-refractivity contribution in [3.63, 3.8) is 0 Å². The number of carbonyl (C=O) groups is 4. The van der Waals surface area contributed by atoms with E-state index < -0.39 is 29.6 Å². The van der Waals surface area contributed by atoms with Crippen molar-refractivity contribution in [2.45, 2.75) is 254 Å². The summed E-state index contributed by atoms with van der Waals surface area (Å²) in [6.45, 7) is 40.5. The Morgan fingerprint density at radius 3 is 0.850 bits per heavy atom. The molecule has 354 valence electrons. The van der Waals surface area contributed by atoms with E-state index in [0.29, 0.717) is 38.5 Å². The van der Waals surface area contributed by atoms with E-state index in [1.807, 2.05) is 41.5 Å². The quantitative estimate of drug-likeness (QED) is 0.0386. The first-order chi connectivity index (χ1) is 27.2. The summed E-state index contributed by atoms with van der Waals surface area (Å²) >= 11 is 0. The van der Waals surface area contributed by atoms with E-state index in [-0.39, 0.29) is 51.2 Å². The molecule has 60 heavy (non-hydrogen) atoms. The van der Waals surface area contributed by atoms with Gasteiger partial charge in [-0.1, -0.05) is 27.2 Å². The molecule has 0 spiro atoms. The van der Waals surface area contributed by atoms with E-state index in [1.54, 1.807) is 0 Å². The number of unbranched alkanes of at least 4 members (excludes halogenated alkanes) is 4. The molecular weight excluding hydrogens is 753 g/mol. The molecule has 0 aliphatic heterocycles. The van der Waals surface area contributed by atoms with Crippen LogP contribution in [0.15, 0.2) is 0 Å². The molecule has 12 nitrogen and oxygen atoms in total. The van der Waals surface area contributed by atoms with Gasteiger partial charge in [0.05, 0.1) is 12.1 Å². The van der Waals surface area contributed by atoms with Crippen molar-refractivity contribution in [1.29, 1.82) is 0 Å². The Balaban J connectivity index is 6.44. The van der Waals surface area contributed by atoms with Crippen LogP contribution in [0, 0.1) is 5.41 Å². The third kappa shape index (κ3) is 31.7. The monoisotopic (exact) mass is 851 g/mol. The van der Waals surface area contributed by atoms with Gasteiger partial charge in [0.1, 0.15) is 12.1 Å². The summed E-state index contributed by atoms with van der Waals surface area (Å²) in [5.41, 5.74) is -1.03. The third-order valence-corrected chi connectivity index (χ3v) is 9.86. The fourth-order valence-electron chi connectivity index (χ4n) is 6.68. The fourth-order valence-corrected chi connectivity index (χ4v) is 6.68. The van der Waals surface area contributed by atoms with Crippen LogP contribution in [-0.4, -0.2) is 102 Å². The molecule has 0 aromatic carbocycles. The molecule has 0 rings (SSSR count). The number of amides is 3. The largest absolute Gasteiger partial charge is 0.344 e. The standard InChI is InChI=1S/C48H98N8O4/c1-43(2,3)39(57)35(27-19-23-31-49-44(4,5)6)53-40(58)36(28-20-24-32-50-45(7,8)9)54-41(59)37(29-21-25-33-51-46(10,11)12)55-42(60)38(56-48(16,17)18)30-22-26-34-52-47(13,14)15/h35-38,49-52,56H,19-34H2,1-18H3,(H,53,58)(H,54,59)(H,55,60). The number of nitrogens with one attached hydrogen (secondary N) is 8. The molecule has 0 aliphatic rings. The molecule has 3 amide bonds. The molecule has 0 radical (unpaired) electrons. The van der Waals surface area contributed by atoms with Crippen molar-refractivity contribution in [3.05, 3.63) is 0 Å². The van der Waals surface area contributed by atoms with Gasteiger partial charge in [-0.15, -0.1) is 0 Å². The SMILES string of the molecule is CC(C)(C)NCCCCC(NC(=O)C(CCCCNC(C)(C)C)NC(C)(C)C)C(=O)NC(CCCCNC(C)(C)C)C(=O)NC(CCCCNC(C)(C)C)C(=O)C(C)(C)C. The van der Waals surface area contributed by atoms with Crippen LogP contribution in [0.4, 0.5) is 0 Å². The van der Waals surface area contributed by atoms with E-state index in [2.05, 4.69) is 126 Å². The molecule has 4 atom stereocenters. The average molecular weight is 851 g/mol. The number of hydrogen-bond donors (Lipinski definition) is 8. The van der Waals surface area contributed by atoms with E-state index in [0.717, 1.165) is 64.7 Å². The molecule has 4 unspecified atom stereocenters. The van der Waals surface area contributed by atoms with Crippen molar-refractivity contribution >= 4 is 23.5 Å². The van der Waals surface area contributed by atoms with Crippen LogP contribution in [0.5, 0.6) is 0 Å². The number of hydrogen-bond acceptors (Lipinski definition) is 9. The van der Waals surface area contributed by atoms with Crippen molar-refractivity contribution in [3.8, 4) is 0 Å². The van der Waals surface area contributed by atoms with Gasteiger partial charge >= 0.3 is 0 Å². The van der Waals surface area contributed by atoms with Gasteiger partial charge < -0.3 is 42.5 Å². The molecule has 0 aromatic rings. The number of Topliss-reactive ketones (excluding diaryl/α,β-unsaturated/α-hetero) is 1. The summed E-state index contributed by atoms with van der Waals surface area (Å²) in [7, 11) is 0. The molecule has 0 saturated heterocycles. The van der Waals surface area contributed by atoms with Crippen LogP contribution in [0.3, 0.4) is 0 Å². The average Bonchev–Trinajstić information content (AvgIpc) is 3.05. The zero-order chi connectivity index (χ0) is 46.6. The zero-order valence-electron chi connectivity index (χ0n) is 42.3. The van der Waals surface area contributed by atoms with Crippen molar-refractivity contribution in [2.24, 2.45) is 5.41 Å². The minimum Gasteiger partial charge on any atom is -0.344 e. The van der Waals surface area contributed by atoms with Gasteiger partial charge in [-0.05, 0) is 201 Å². The summed E-state index contributed by atoms with van der Waals surface area (Å²) < 4.78 is 0. The van der Waals surface area contributed by atoms with Crippen molar-refractivity contribution in [1.82, 2.24) is 42.5 Å². The van der Waals surface area contributed by atoms with E-state index in [4.69, 9.17) is 0 Å². The van der Waals surface area contributed by atoms with E-state index in [1.165, 1.54) is 0 Å². The molecule has 12 heteroatoms. The first-order valence-electron chi connectivity index (χ1n) is 23.4. The lowest BCUT2D eigenvalue weighted by atomic mass is 9.84. The molecule has 0 aliphatic carbocycles. The lowest BCUT2D eigenvalue weighted by molar-refractivity contribution is -0.135. The summed E-state index contributed by atoms with van der Waals surface area (Å²) in [5, 5.41) is 26.9. The van der Waals surface area contributed by atoms with Crippen LogP contribution < -0.4 is 42.5 Å². The number of carbonyl (C=O) groups excluding carboxylic acids is 4. The molecule has 8 N–H and O–H groups in total. The minimum absolute atomic E-state index is 0.00302. The van der Waals surface area contributed by atoms with Crippen LogP contribution >= 0.6 is 0 Å². The lowest BCUT2D eigenvalue weighted by Crippen LogP contribution is -2.59. The van der Waals surface area contributed by atoms with Crippen LogP contribution in [0.25, 0.3) is 0 Å². The maximum Gasteiger partial charge on any atom is 0.243 e. The predicted octanol–water partition coefficient (Wildman–Crippen LogP) is 7.05. The molecule has 0 bridgehead atoms. The Bertz CT molecular complexity index is 1250. The van der Waals surface area contributed by atoms with Gasteiger partial charge in [0.2, 0.25) is 17.7 Å². The normalized spacial score (nSPS) is 15.2. The lowest BCUT2D eigenvalue weighted by Gasteiger charge is -2.31. The van der Waals surface area contributed by atoms with Gasteiger partial charge in [0, 0.05) is 33.1 Å². The minimum atomic E-state index is -0.870. The van der Waals surface area contributed by atoms with E-state index in [9.17, 15) is 19.2 Å². The highest BCUT2D eigenvalue weighted by molar-refractivity contribution is 5.96. The second-order valence-electron chi connectivity index (χ2n) is 23.4. The third-order valence-electron chi connectivity index (χ3n) is 9.86. The molecule has 0 saturated carbocycles. The topological polar surface area (TPSA) is 165 Å². The predicted molar refractivity (Wildman–Crippen MR) is 253 cm³/mol. The van der Waals surface area contributed by atoms with Crippen LogP contribution in [-0.2, 0) is 19.2 Å². The second kappa shape index (κ2) is 26.5. The Morgan fingerprint density at radius 2 is 0.583 bits per heavy atom. The smallest absolute Gasteiger partial charge is 0.243 e. The molecular formula is C48H98N8O4. The first-order valence-corrected chi connectivity index (χ1v) is 23.4. The number of rotatable bonds is 28. The van der Waals surface area contributed by atoms with Crippen molar-refractivity contribution < 1.29 is 19.2 Å². The highest BCUT2D eigenvalue weighted by atomic mass is 16.2. The Labute approximate surface area is 369 Å². The Kier molecular flexibility index (Phi) is 25.6. The Morgan fingerprint density at radius 1 is 0.333 bits per heavy atom. The van der Waals surface area contributed by atoms with Gasteiger partial charge in [-0.25, -0.2) is 0 Å². The fraction of sp³-hybridized carbons (Fsp3) is 0.917. The first kappa shape index (κ1) is 57.9. The Hall–Kier alpha value is -2.12. The highest BCUT2D eigenvalue weighted by Gasteiger charge is 2.34. The summed E-state index contributed by atoms with van der Waals surface area (Å²) in [5.74, 6) is -0.985. The number of ketones is 1. The highest BCUT2D eigenvalue weighted by Crippen LogP contribution is 2.20. The maximum absolute atomic E-state index is 14.4. The van der Waals surface area contributed by atoms with Gasteiger partial charge in [0.25, 0.3) is 0 Å². The summed E-state index contributed by atoms with van der Waals surface area (Å²) in [4.78, 5) is 56.6. The summed E-state index contributed by atoms with van der Waals surface area (Å²) in [6.07, 6.45) is 8.41. The molecule has 0 heterocycles.